The molecule has 0 aromatic carbocycles. The zero-order chi connectivity index (χ0) is 10.8. The van der Waals surface area contributed by atoms with E-state index in [0.717, 1.165) is 0 Å². The fraction of sp³-hybridized carbons (Fsp3) is 0.0909. The molecule has 0 atom stereocenters. The van der Waals surface area contributed by atoms with Crippen molar-refractivity contribution in [2.24, 2.45) is 15.0 Å². The summed E-state index contributed by atoms with van der Waals surface area (Å²) < 4.78 is 0. The molecule has 0 aromatic rings. The van der Waals surface area contributed by atoms with E-state index in [1.165, 1.54) is 18.6 Å². The summed E-state index contributed by atoms with van der Waals surface area (Å²) in [5, 5.41) is 0. The van der Waals surface area contributed by atoms with Gasteiger partial charge in [-0.1, -0.05) is 6.08 Å². The van der Waals surface area contributed by atoms with E-state index in [9.17, 15) is 4.79 Å². The fourth-order valence-corrected chi connectivity index (χ4v) is 0.785. The minimum Gasteiger partial charge on any atom is -0.293 e. The summed E-state index contributed by atoms with van der Waals surface area (Å²) in [6.45, 7) is 0.159. The number of ketones is 1. The fourth-order valence-electron chi connectivity index (χ4n) is 0.785. The SMILES string of the molecule is O=C1C=CC=NC=NC=CC=CC=NC1. The zero-order valence-corrected chi connectivity index (χ0v) is 8.15. The molecule has 0 unspecified atom stereocenters. The second kappa shape index (κ2) is 7.32. The average Bonchev–Trinajstić information content (AvgIpc) is 2.24. The Hall–Kier alpha value is -2.10. The summed E-state index contributed by atoms with van der Waals surface area (Å²) in [4.78, 5) is 22.7. The van der Waals surface area contributed by atoms with E-state index in [-0.39, 0.29) is 12.3 Å². The predicted octanol–water partition coefficient (Wildman–Crippen LogP) is 1.37. The molecule has 0 radical (unpaired) electrons. The van der Waals surface area contributed by atoms with Crippen molar-refractivity contribution < 1.29 is 4.79 Å². The molecule has 0 fully saturated rings. The van der Waals surface area contributed by atoms with Gasteiger partial charge in [0.1, 0.15) is 12.9 Å². The molecule has 0 saturated carbocycles. The van der Waals surface area contributed by atoms with Gasteiger partial charge >= 0.3 is 0 Å². The van der Waals surface area contributed by atoms with Crippen LogP contribution in [0.25, 0.3) is 0 Å². The van der Waals surface area contributed by atoms with Gasteiger partial charge in [0.2, 0.25) is 0 Å². The van der Waals surface area contributed by atoms with Crippen LogP contribution >= 0.6 is 0 Å². The number of carbonyl (C=O) groups excluding carboxylic acids is 1. The molecule has 0 N–H and O–H groups in total. The van der Waals surface area contributed by atoms with Gasteiger partial charge in [0.15, 0.2) is 5.78 Å². The molecule has 4 nitrogen and oxygen atoms in total. The largest absolute Gasteiger partial charge is 0.293 e. The van der Waals surface area contributed by atoms with Gasteiger partial charge in [0.25, 0.3) is 0 Å². The van der Waals surface area contributed by atoms with Crippen LogP contribution in [0, 0.1) is 0 Å². The normalized spacial score (nSPS) is 16.9. The molecule has 1 heterocycles. The highest BCUT2D eigenvalue weighted by molar-refractivity contribution is 5.96. The van der Waals surface area contributed by atoms with Crippen LogP contribution in [0.1, 0.15) is 0 Å². The highest BCUT2D eigenvalue weighted by Crippen LogP contribution is 1.82. The van der Waals surface area contributed by atoms with Crippen molar-refractivity contribution >= 4 is 24.6 Å². The number of hydrogen-bond acceptors (Lipinski definition) is 4. The number of rotatable bonds is 0. The molecule has 0 amide bonds. The maximum atomic E-state index is 11.1. The molecule has 1 rings (SSSR count). The van der Waals surface area contributed by atoms with Crippen LogP contribution in [-0.2, 0) is 4.79 Å². The first-order valence-electron chi connectivity index (χ1n) is 4.45. The van der Waals surface area contributed by atoms with Gasteiger partial charge in [-0.2, -0.15) is 0 Å². The van der Waals surface area contributed by atoms with Crippen molar-refractivity contribution in [2.45, 2.75) is 0 Å². The van der Waals surface area contributed by atoms with Crippen LogP contribution in [0.5, 0.6) is 0 Å². The topological polar surface area (TPSA) is 54.1 Å². The van der Waals surface area contributed by atoms with Crippen LogP contribution < -0.4 is 0 Å². The summed E-state index contributed by atoms with van der Waals surface area (Å²) in [5.74, 6) is -0.0596. The molecule has 0 aliphatic carbocycles. The van der Waals surface area contributed by atoms with Crippen LogP contribution in [-0.4, -0.2) is 31.1 Å². The third kappa shape index (κ3) is 6.04. The second-order valence-electron chi connectivity index (χ2n) is 2.60. The molecular weight excluding hydrogens is 190 g/mol. The predicted molar refractivity (Wildman–Crippen MR) is 62.8 cm³/mol. The number of aliphatic imine (C=N–C) groups is 3. The molecule has 0 aromatic heterocycles. The van der Waals surface area contributed by atoms with E-state index in [4.69, 9.17) is 0 Å². The Morgan fingerprint density at radius 1 is 1.00 bits per heavy atom. The third-order valence-corrected chi connectivity index (χ3v) is 1.42. The van der Waals surface area contributed by atoms with Crippen LogP contribution in [0.2, 0.25) is 0 Å². The standard InChI is InChI=1S/C11H11N3O/c15-11-5-4-8-14-10-13-7-3-1-2-6-12-9-11/h1-8,10H,9H2. The first-order chi connectivity index (χ1) is 7.39. The zero-order valence-electron chi connectivity index (χ0n) is 8.15. The van der Waals surface area contributed by atoms with E-state index in [0.29, 0.717) is 0 Å². The first-order valence-corrected chi connectivity index (χ1v) is 4.45. The minimum absolute atomic E-state index is 0.0596. The summed E-state index contributed by atoms with van der Waals surface area (Å²) in [6.07, 6.45) is 14.4. The number of carbonyl (C=O) groups is 1. The molecule has 4 heteroatoms. The van der Waals surface area contributed by atoms with E-state index in [2.05, 4.69) is 15.0 Å². The van der Waals surface area contributed by atoms with Crippen molar-refractivity contribution in [1.29, 1.82) is 0 Å². The van der Waals surface area contributed by atoms with Gasteiger partial charge in [-0.3, -0.25) is 9.79 Å². The van der Waals surface area contributed by atoms with Crippen molar-refractivity contribution in [3.8, 4) is 0 Å². The van der Waals surface area contributed by atoms with Gasteiger partial charge in [-0.15, -0.1) is 0 Å². The van der Waals surface area contributed by atoms with Crippen molar-refractivity contribution in [3.63, 3.8) is 0 Å². The van der Waals surface area contributed by atoms with Crippen LogP contribution in [0.3, 0.4) is 0 Å². The molecule has 76 valence electrons. The summed E-state index contributed by atoms with van der Waals surface area (Å²) in [5.41, 5.74) is 0. The number of hydrogen-bond donors (Lipinski definition) is 0. The smallest absolute Gasteiger partial charge is 0.177 e. The first kappa shape index (κ1) is 11.0. The van der Waals surface area contributed by atoms with Gasteiger partial charge in [-0.25, -0.2) is 9.98 Å². The molecule has 1 aliphatic rings. The lowest BCUT2D eigenvalue weighted by Crippen LogP contribution is -1.97. The summed E-state index contributed by atoms with van der Waals surface area (Å²) in [6, 6.07) is 0. The maximum absolute atomic E-state index is 11.1. The van der Waals surface area contributed by atoms with E-state index < -0.39 is 0 Å². The van der Waals surface area contributed by atoms with Gasteiger partial charge in [0.05, 0.1) is 0 Å². The minimum atomic E-state index is -0.0596. The van der Waals surface area contributed by atoms with E-state index >= 15 is 0 Å². The molecule has 15 heavy (non-hydrogen) atoms. The Kier molecular flexibility index (Phi) is 5.36. The quantitative estimate of drug-likeness (QED) is 0.584. The Labute approximate surface area is 88.2 Å². The lowest BCUT2D eigenvalue weighted by Gasteiger charge is -1.85. The second-order valence-corrected chi connectivity index (χ2v) is 2.60. The van der Waals surface area contributed by atoms with Crippen molar-refractivity contribution in [2.75, 3.05) is 6.54 Å². The molecule has 0 spiro atoms. The van der Waals surface area contributed by atoms with E-state index in [1.807, 2.05) is 0 Å². The Balaban J connectivity index is 2.69. The lowest BCUT2D eigenvalue weighted by atomic mass is 10.3. The summed E-state index contributed by atoms with van der Waals surface area (Å²) in [7, 11) is 0. The Bertz CT molecular complexity index is 373. The number of nitrogens with zero attached hydrogens (tertiary/aromatic N) is 3. The van der Waals surface area contributed by atoms with Gasteiger partial charge in [-0.05, 0) is 24.3 Å². The Morgan fingerprint density at radius 2 is 1.93 bits per heavy atom. The van der Waals surface area contributed by atoms with Crippen molar-refractivity contribution in [1.82, 2.24) is 0 Å². The molecule has 0 saturated heterocycles. The molecular formula is C11H11N3O. The number of allylic oxidation sites excluding steroid dienone is 4. The summed E-state index contributed by atoms with van der Waals surface area (Å²) >= 11 is 0. The Morgan fingerprint density at radius 3 is 2.87 bits per heavy atom. The molecule has 1 aliphatic heterocycles. The van der Waals surface area contributed by atoms with Gasteiger partial charge in [0, 0.05) is 18.6 Å². The van der Waals surface area contributed by atoms with Gasteiger partial charge < -0.3 is 0 Å². The van der Waals surface area contributed by atoms with Crippen molar-refractivity contribution in [3.05, 3.63) is 36.6 Å². The highest BCUT2D eigenvalue weighted by atomic mass is 16.1. The van der Waals surface area contributed by atoms with E-state index in [1.54, 1.807) is 36.7 Å². The molecule has 0 bridgehead atoms. The third-order valence-electron chi connectivity index (χ3n) is 1.42. The van der Waals surface area contributed by atoms with Crippen LogP contribution in [0.4, 0.5) is 0 Å². The average molecular weight is 201 g/mol. The highest BCUT2D eigenvalue weighted by Gasteiger charge is 1.89. The van der Waals surface area contributed by atoms with Crippen LogP contribution in [0.15, 0.2) is 51.6 Å². The lowest BCUT2D eigenvalue weighted by molar-refractivity contribution is -0.113. The monoisotopic (exact) mass is 201 g/mol. The maximum Gasteiger partial charge on any atom is 0.177 e.